The molecule has 0 amide bonds. The first-order chi connectivity index (χ1) is 9.57. The standard InChI is InChI=1S/C18H24O3/c1-17(2,3)11-18(4,5)13-6-7-15-12(8-13)9-14(21-15)10-16(19)20/h6-9H,10-11H2,1-5H3,(H,19,20). The van der Waals surface area contributed by atoms with Crippen molar-refractivity contribution in [3.8, 4) is 0 Å². The van der Waals surface area contributed by atoms with Gasteiger partial charge >= 0.3 is 5.97 Å². The van der Waals surface area contributed by atoms with E-state index in [9.17, 15) is 4.79 Å². The quantitative estimate of drug-likeness (QED) is 0.881. The van der Waals surface area contributed by atoms with Crippen molar-refractivity contribution in [3.05, 3.63) is 35.6 Å². The van der Waals surface area contributed by atoms with E-state index in [0.29, 0.717) is 5.76 Å². The van der Waals surface area contributed by atoms with E-state index in [1.165, 1.54) is 5.56 Å². The smallest absolute Gasteiger partial charge is 0.311 e. The number of furan rings is 1. The normalized spacial score (nSPS) is 12.8. The van der Waals surface area contributed by atoms with Crippen molar-refractivity contribution in [1.29, 1.82) is 0 Å². The first-order valence-electron chi connectivity index (χ1n) is 7.32. The molecule has 1 aromatic heterocycles. The number of fused-ring (bicyclic) bond motifs is 1. The number of carbonyl (C=O) groups is 1. The van der Waals surface area contributed by atoms with Crippen molar-refractivity contribution >= 4 is 16.9 Å². The third kappa shape index (κ3) is 3.87. The van der Waals surface area contributed by atoms with Gasteiger partial charge in [0.15, 0.2) is 0 Å². The number of carboxylic acids is 1. The highest BCUT2D eigenvalue weighted by molar-refractivity contribution is 5.80. The number of rotatable bonds is 4. The van der Waals surface area contributed by atoms with Crippen molar-refractivity contribution in [1.82, 2.24) is 0 Å². The topological polar surface area (TPSA) is 50.4 Å². The van der Waals surface area contributed by atoms with Crippen LogP contribution in [0.4, 0.5) is 0 Å². The lowest BCUT2D eigenvalue weighted by Crippen LogP contribution is -2.24. The number of aliphatic carboxylic acids is 1. The van der Waals surface area contributed by atoms with Crippen LogP contribution in [-0.2, 0) is 16.6 Å². The van der Waals surface area contributed by atoms with Crippen molar-refractivity contribution in [3.63, 3.8) is 0 Å². The fraction of sp³-hybridized carbons (Fsp3) is 0.500. The molecule has 2 rings (SSSR count). The van der Waals surface area contributed by atoms with Gasteiger partial charge in [-0.3, -0.25) is 4.79 Å². The lowest BCUT2D eigenvalue weighted by Gasteiger charge is -2.33. The highest BCUT2D eigenvalue weighted by atomic mass is 16.4. The van der Waals surface area contributed by atoms with Gasteiger partial charge in [-0.05, 0) is 41.0 Å². The summed E-state index contributed by atoms with van der Waals surface area (Å²) in [6.07, 6.45) is 1.00. The Balaban J connectivity index is 2.36. The molecule has 0 atom stereocenters. The molecule has 114 valence electrons. The van der Waals surface area contributed by atoms with Crippen LogP contribution in [0.1, 0.15) is 52.4 Å². The second-order valence-corrected chi connectivity index (χ2v) is 7.66. The highest BCUT2D eigenvalue weighted by Crippen LogP contribution is 2.37. The minimum atomic E-state index is -0.873. The van der Waals surface area contributed by atoms with Crippen LogP contribution in [0.25, 0.3) is 11.0 Å². The lowest BCUT2D eigenvalue weighted by molar-refractivity contribution is -0.136. The zero-order valence-electron chi connectivity index (χ0n) is 13.5. The van der Waals surface area contributed by atoms with Gasteiger partial charge in [-0.1, -0.05) is 40.7 Å². The molecule has 21 heavy (non-hydrogen) atoms. The monoisotopic (exact) mass is 288 g/mol. The molecule has 1 N–H and O–H groups in total. The second kappa shape index (κ2) is 5.21. The number of carboxylic acid groups (broad SMARTS) is 1. The second-order valence-electron chi connectivity index (χ2n) is 7.66. The van der Waals surface area contributed by atoms with Crippen LogP contribution < -0.4 is 0 Å². The lowest BCUT2D eigenvalue weighted by atomic mass is 9.72. The number of hydrogen-bond donors (Lipinski definition) is 1. The van der Waals surface area contributed by atoms with Gasteiger partial charge in [-0.2, -0.15) is 0 Å². The molecule has 0 aliphatic carbocycles. The zero-order chi connectivity index (χ0) is 15.8. The average Bonchev–Trinajstić information content (AvgIpc) is 2.65. The van der Waals surface area contributed by atoms with Crippen molar-refractivity contribution < 1.29 is 14.3 Å². The summed E-state index contributed by atoms with van der Waals surface area (Å²) in [5.41, 5.74) is 2.33. The van der Waals surface area contributed by atoms with Crippen LogP contribution >= 0.6 is 0 Å². The molecule has 0 unspecified atom stereocenters. The zero-order valence-corrected chi connectivity index (χ0v) is 13.5. The summed E-state index contributed by atoms with van der Waals surface area (Å²) < 4.78 is 5.57. The molecular weight excluding hydrogens is 264 g/mol. The van der Waals surface area contributed by atoms with E-state index in [1.807, 2.05) is 12.1 Å². The molecule has 0 fully saturated rings. The molecule has 1 heterocycles. The van der Waals surface area contributed by atoms with E-state index in [1.54, 1.807) is 0 Å². The molecule has 0 spiro atoms. The third-order valence-electron chi connectivity index (χ3n) is 3.65. The van der Waals surface area contributed by atoms with E-state index < -0.39 is 5.97 Å². The molecule has 2 aromatic rings. The molecule has 0 saturated heterocycles. The van der Waals surface area contributed by atoms with Crippen LogP contribution in [0.15, 0.2) is 28.7 Å². The first kappa shape index (κ1) is 15.6. The van der Waals surface area contributed by atoms with Gasteiger partial charge < -0.3 is 9.52 Å². The fourth-order valence-electron chi connectivity index (χ4n) is 3.18. The molecule has 1 aromatic carbocycles. The Morgan fingerprint density at radius 3 is 2.38 bits per heavy atom. The van der Waals surface area contributed by atoms with Crippen LogP contribution in [0.5, 0.6) is 0 Å². The average molecular weight is 288 g/mol. The minimum Gasteiger partial charge on any atom is -0.481 e. The maximum Gasteiger partial charge on any atom is 0.311 e. The fourth-order valence-corrected chi connectivity index (χ4v) is 3.18. The molecule has 0 saturated carbocycles. The molecule has 0 aliphatic heterocycles. The molecule has 0 bridgehead atoms. The Kier molecular flexibility index (Phi) is 3.87. The van der Waals surface area contributed by atoms with E-state index in [4.69, 9.17) is 9.52 Å². The summed E-state index contributed by atoms with van der Waals surface area (Å²) in [5, 5.41) is 9.82. The van der Waals surface area contributed by atoms with Crippen LogP contribution in [-0.4, -0.2) is 11.1 Å². The van der Waals surface area contributed by atoms with Gasteiger partial charge in [-0.25, -0.2) is 0 Å². The Morgan fingerprint density at radius 2 is 1.81 bits per heavy atom. The Labute approximate surface area is 126 Å². The molecular formula is C18H24O3. The van der Waals surface area contributed by atoms with Crippen LogP contribution in [0.2, 0.25) is 0 Å². The van der Waals surface area contributed by atoms with E-state index in [0.717, 1.165) is 17.4 Å². The third-order valence-corrected chi connectivity index (χ3v) is 3.65. The van der Waals surface area contributed by atoms with Gasteiger partial charge in [0.2, 0.25) is 0 Å². The summed E-state index contributed by atoms with van der Waals surface area (Å²) in [6, 6.07) is 7.98. The Morgan fingerprint density at radius 1 is 1.14 bits per heavy atom. The van der Waals surface area contributed by atoms with Crippen molar-refractivity contribution in [2.45, 2.75) is 52.9 Å². The van der Waals surface area contributed by atoms with Crippen LogP contribution in [0.3, 0.4) is 0 Å². The predicted molar refractivity (Wildman–Crippen MR) is 84.7 cm³/mol. The Hall–Kier alpha value is -1.77. The number of hydrogen-bond acceptors (Lipinski definition) is 2. The summed E-state index contributed by atoms with van der Waals surface area (Å²) in [5.74, 6) is -0.370. The van der Waals surface area contributed by atoms with Gasteiger partial charge in [0.05, 0.1) is 0 Å². The largest absolute Gasteiger partial charge is 0.481 e. The highest BCUT2D eigenvalue weighted by Gasteiger charge is 2.27. The maximum atomic E-state index is 10.8. The van der Waals surface area contributed by atoms with E-state index in [2.05, 4.69) is 46.8 Å². The summed E-state index contributed by atoms with van der Waals surface area (Å²) in [7, 11) is 0. The molecule has 0 radical (unpaired) electrons. The predicted octanol–water partition coefficient (Wildman–Crippen LogP) is 4.77. The van der Waals surface area contributed by atoms with Gasteiger partial charge in [-0.15, -0.1) is 0 Å². The minimum absolute atomic E-state index is 0.0661. The van der Waals surface area contributed by atoms with Crippen LogP contribution in [0, 0.1) is 5.41 Å². The first-order valence-corrected chi connectivity index (χ1v) is 7.32. The van der Waals surface area contributed by atoms with Crippen molar-refractivity contribution in [2.75, 3.05) is 0 Å². The summed E-state index contributed by atoms with van der Waals surface area (Å²) >= 11 is 0. The van der Waals surface area contributed by atoms with Gasteiger partial charge in [0.25, 0.3) is 0 Å². The summed E-state index contributed by atoms with van der Waals surface area (Å²) in [4.78, 5) is 10.8. The van der Waals surface area contributed by atoms with Gasteiger partial charge in [0, 0.05) is 5.39 Å². The number of benzene rings is 1. The molecule has 3 heteroatoms. The molecule has 0 aliphatic rings. The summed E-state index contributed by atoms with van der Waals surface area (Å²) in [6.45, 7) is 11.2. The van der Waals surface area contributed by atoms with Gasteiger partial charge in [0.1, 0.15) is 17.8 Å². The Bertz CT molecular complexity index is 657. The van der Waals surface area contributed by atoms with E-state index >= 15 is 0 Å². The van der Waals surface area contributed by atoms with Crippen molar-refractivity contribution in [2.24, 2.45) is 5.41 Å². The van der Waals surface area contributed by atoms with E-state index in [-0.39, 0.29) is 17.3 Å². The maximum absolute atomic E-state index is 10.8. The molecule has 3 nitrogen and oxygen atoms in total. The SMILES string of the molecule is CC(C)(C)CC(C)(C)c1ccc2oc(CC(=O)O)cc2c1.